The molecule has 1 unspecified atom stereocenters. The highest BCUT2D eigenvalue weighted by molar-refractivity contribution is 9.10. The highest BCUT2D eigenvalue weighted by Crippen LogP contribution is 2.25. The van der Waals surface area contributed by atoms with Crippen molar-refractivity contribution in [1.82, 2.24) is 0 Å². The van der Waals surface area contributed by atoms with E-state index < -0.39 is 23.5 Å². The van der Waals surface area contributed by atoms with Crippen LogP contribution in [0.15, 0.2) is 28.7 Å². The summed E-state index contributed by atoms with van der Waals surface area (Å²) in [4.78, 5) is 23.0. The average Bonchev–Trinajstić information content (AvgIpc) is 2.24. The van der Waals surface area contributed by atoms with Crippen LogP contribution in [-0.2, 0) is 14.3 Å². The van der Waals surface area contributed by atoms with E-state index in [0.717, 1.165) is 4.47 Å². The van der Waals surface area contributed by atoms with Gasteiger partial charge in [0, 0.05) is 4.47 Å². The molecule has 1 rings (SSSR count). The van der Waals surface area contributed by atoms with Gasteiger partial charge in [0.15, 0.2) is 0 Å². The monoisotopic (exact) mass is 328 g/mol. The van der Waals surface area contributed by atoms with E-state index in [4.69, 9.17) is 9.84 Å². The summed E-state index contributed by atoms with van der Waals surface area (Å²) in [5.74, 6) is -2.33. The molecule has 19 heavy (non-hydrogen) atoms. The van der Waals surface area contributed by atoms with Crippen molar-refractivity contribution in [3.8, 4) is 0 Å². The first-order valence-corrected chi connectivity index (χ1v) is 6.68. The Labute approximate surface area is 120 Å². The van der Waals surface area contributed by atoms with Crippen LogP contribution in [0.1, 0.15) is 38.7 Å². The highest BCUT2D eigenvalue weighted by Gasteiger charge is 2.28. The first-order chi connectivity index (χ1) is 8.69. The van der Waals surface area contributed by atoms with E-state index in [-0.39, 0.29) is 6.42 Å². The molecule has 0 spiro atoms. The van der Waals surface area contributed by atoms with Crippen molar-refractivity contribution in [1.29, 1.82) is 0 Å². The fraction of sp³-hybridized carbons (Fsp3) is 0.429. The minimum atomic E-state index is -1.03. The Balaban J connectivity index is 2.97. The van der Waals surface area contributed by atoms with Crippen molar-refractivity contribution in [2.45, 2.75) is 38.7 Å². The van der Waals surface area contributed by atoms with Gasteiger partial charge in [-0.2, -0.15) is 0 Å². The van der Waals surface area contributed by atoms with E-state index in [9.17, 15) is 9.59 Å². The summed E-state index contributed by atoms with van der Waals surface area (Å²) in [7, 11) is 0. The zero-order chi connectivity index (χ0) is 14.6. The van der Waals surface area contributed by atoms with Crippen LogP contribution in [-0.4, -0.2) is 22.6 Å². The molecule has 1 aromatic rings. The van der Waals surface area contributed by atoms with Gasteiger partial charge in [0.05, 0.1) is 12.3 Å². The number of carbonyl (C=O) groups is 2. The number of carbonyl (C=O) groups excluding carboxylic acids is 1. The predicted molar refractivity (Wildman–Crippen MR) is 75.0 cm³/mol. The summed E-state index contributed by atoms with van der Waals surface area (Å²) in [6.07, 6.45) is -0.281. The highest BCUT2D eigenvalue weighted by atomic mass is 79.9. The Kier molecular flexibility index (Phi) is 5.11. The number of ether oxygens (including phenoxy) is 1. The molecule has 0 aromatic heterocycles. The molecule has 1 N–H and O–H groups in total. The van der Waals surface area contributed by atoms with Crippen LogP contribution >= 0.6 is 15.9 Å². The maximum Gasteiger partial charge on any atom is 0.314 e. The smallest absolute Gasteiger partial charge is 0.314 e. The molecule has 104 valence electrons. The summed E-state index contributed by atoms with van der Waals surface area (Å²) in [5, 5.41) is 8.93. The Bertz CT molecular complexity index is 459. The number of hydrogen-bond donors (Lipinski definition) is 1. The van der Waals surface area contributed by atoms with E-state index in [1.165, 1.54) is 0 Å². The van der Waals surface area contributed by atoms with E-state index in [2.05, 4.69) is 15.9 Å². The van der Waals surface area contributed by atoms with Crippen molar-refractivity contribution in [3.05, 3.63) is 34.3 Å². The van der Waals surface area contributed by atoms with Crippen molar-refractivity contribution in [2.24, 2.45) is 0 Å². The molecule has 4 nitrogen and oxygen atoms in total. The van der Waals surface area contributed by atoms with Gasteiger partial charge in [0.25, 0.3) is 0 Å². The lowest BCUT2D eigenvalue weighted by molar-refractivity contribution is -0.159. The molecular formula is C14H17BrO4. The topological polar surface area (TPSA) is 63.6 Å². The van der Waals surface area contributed by atoms with Gasteiger partial charge in [0.2, 0.25) is 0 Å². The van der Waals surface area contributed by atoms with Crippen LogP contribution in [0, 0.1) is 0 Å². The lowest BCUT2D eigenvalue weighted by Crippen LogP contribution is -2.28. The Morgan fingerprint density at radius 2 is 1.79 bits per heavy atom. The van der Waals surface area contributed by atoms with Crippen molar-refractivity contribution >= 4 is 27.9 Å². The first kappa shape index (κ1) is 15.7. The molecule has 0 saturated carbocycles. The van der Waals surface area contributed by atoms with E-state index in [1.807, 2.05) is 0 Å². The SMILES string of the molecule is CC(C)(C)OC(=O)C(CC(=O)O)c1ccc(Br)cc1. The maximum atomic E-state index is 12.1. The van der Waals surface area contributed by atoms with Crippen LogP contribution in [0.25, 0.3) is 0 Å². The number of halogens is 1. The molecule has 1 atom stereocenters. The number of benzene rings is 1. The van der Waals surface area contributed by atoms with Gasteiger partial charge in [-0.3, -0.25) is 9.59 Å². The lowest BCUT2D eigenvalue weighted by Gasteiger charge is -2.23. The predicted octanol–water partition coefficient (Wildman–Crippen LogP) is 3.35. The number of esters is 1. The molecule has 1 aromatic carbocycles. The van der Waals surface area contributed by atoms with Gasteiger partial charge in [-0.15, -0.1) is 0 Å². The van der Waals surface area contributed by atoms with E-state index in [1.54, 1.807) is 45.0 Å². The second-order valence-electron chi connectivity index (χ2n) is 5.24. The van der Waals surface area contributed by atoms with Gasteiger partial charge >= 0.3 is 11.9 Å². The third-order valence-electron chi connectivity index (χ3n) is 2.34. The molecule has 0 aliphatic carbocycles. The quantitative estimate of drug-likeness (QED) is 0.861. The summed E-state index contributed by atoms with van der Waals surface area (Å²) < 4.78 is 6.14. The minimum absolute atomic E-state index is 0.281. The van der Waals surface area contributed by atoms with Crippen molar-refractivity contribution in [3.63, 3.8) is 0 Å². The van der Waals surface area contributed by atoms with Crippen LogP contribution in [0.5, 0.6) is 0 Å². The Hall–Kier alpha value is -1.36. The van der Waals surface area contributed by atoms with Crippen LogP contribution in [0.2, 0.25) is 0 Å². The fourth-order valence-electron chi connectivity index (χ4n) is 1.58. The summed E-state index contributed by atoms with van der Waals surface area (Å²) >= 11 is 3.30. The molecule has 0 saturated heterocycles. The lowest BCUT2D eigenvalue weighted by atomic mass is 9.95. The normalized spacial score (nSPS) is 12.8. The van der Waals surface area contributed by atoms with Gasteiger partial charge in [-0.1, -0.05) is 28.1 Å². The zero-order valence-electron chi connectivity index (χ0n) is 11.1. The van der Waals surface area contributed by atoms with Crippen molar-refractivity contribution < 1.29 is 19.4 Å². The molecule has 5 heteroatoms. The molecule has 0 aliphatic rings. The zero-order valence-corrected chi connectivity index (χ0v) is 12.7. The van der Waals surface area contributed by atoms with Crippen LogP contribution < -0.4 is 0 Å². The number of carboxylic acid groups (broad SMARTS) is 1. The molecule has 0 aliphatic heterocycles. The first-order valence-electron chi connectivity index (χ1n) is 5.89. The van der Waals surface area contributed by atoms with Gasteiger partial charge < -0.3 is 9.84 Å². The Morgan fingerprint density at radius 1 is 1.26 bits per heavy atom. The average molecular weight is 329 g/mol. The maximum absolute atomic E-state index is 12.1. The third-order valence-corrected chi connectivity index (χ3v) is 2.87. The summed E-state index contributed by atoms with van der Waals surface area (Å²) in [6, 6.07) is 6.99. The second-order valence-corrected chi connectivity index (χ2v) is 6.15. The van der Waals surface area contributed by atoms with Crippen LogP contribution in [0.3, 0.4) is 0 Å². The van der Waals surface area contributed by atoms with Crippen LogP contribution in [0.4, 0.5) is 0 Å². The number of rotatable bonds is 4. The minimum Gasteiger partial charge on any atom is -0.481 e. The number of carboxylic acids is 1. The molecule has 0 fully saturated rings. The molecular weight excluding hydrogens is 312 g/mol. The summed E-state index contributed by atoms with van der Waals surface area (Å²) in [5.41, 5.74) is 0.00304. The fourth-order valence-corrected chi connectivity index (χ4v) is 1.84. The Morgan fingerprint density at radius 3 is 2.21 bits per heavy atom. The molecule has 0 amide bonds. The molecule has 0 radical (unpaired) electrons. The van der Waals surface area contributed by atoms with Crippen molar-refractivity contribution in [2.75, 3.05) is 0 Å². The molecule has 0 heterocycles. The molecule has 0 bridgehead atoms. The number of hydrogen-bond acceptors (Lipinski definition) is 3. The second kappa shape index (κ2) is 6.19. The standard InChI is InChI=1S/C14H17BrO4/c1-14(2,3)19-13(18)11(8-12(16)17)9-4-6-10(15)7-5-9/h4-7,11H,8H2,1-3H3,(H,16,17). The van der Waals surface area contributed by atoms with Gasteiger partial charge in [-0.05, 0) is 38.5 Å². The largest absolute Gasteiger partial charge is 0.481 e. The van der Waals surface area contributed by atoms with Gasteiger partial charge in [-0.25, -0.2) is 0 Å². The van der Waals surface area contributed by atoms with Gasteiger partial charge in [0.1, 0.15) is 5.60 Å². The van der Waals surface area contributed by atoms with E-state index >= 15 is 0 Å². The summed E-state index contributed by atoms with van der Waals surface area (Å²) in [6.45, 7) is 5.26. The third kappa shape index (κ3) is 5.42. The van der Waals surface area contributed by atoms with E-state index in [0.29, 0.717) is 5.56 Å². The number of aliphatic carboxylic acids is 1.